The lowest BCUT2D eigenvalue weighted by Gasteiger charge is -2.11. The summed E-state index contributed by atoms with van der Waals surface area (Å²) < 4.78 is 5.71. The lowest BCUT2D eigenvalue weighted by molar-refractivity contribution is 0.450. The topological polar surface area (TPSA) is 51.2 Å². The van der Waals surface area contributed by atoms with E-state index in [9.17, 15) is 0 Å². The van der Waals surface area contributed by atoms with Gasteiger partial charge in [0, 0.05) is 11.9 Å². The van der Waals surface area contributed by atoms with E-state index in [1.807, 2.05) is 30.3 Å². The quantitative estimate of drug-likeness (QED) is 0.761. The Kier molecular flexibility index (Phi) is 3.25. The Morgan fingerprint density at radius 1 is 1.44 bits per heavy atom. The lowest BCUT2D eigenvalue weighted by Crippen LogP contribution is -2.28. The molecule has 0 spiro atoms. The molecule has 82 valence electrons. The standard InChI is InChI=1S/C13H14N2O/c1-2-7-15-11(9-14)13-8-10-5-3-4-6-12(10)16-13/h1,3-6,8,11,15H,7,9,14H2. The van der Waals surface area contributed by atoms with Gasteiger partial charge in [-0.3, -0.25) is 5.32 Å². The number of para-hydroxylation sites is 1. The SMILES string of the molecule is C#CCNC(CN)c1cc2ccccc2o1. The van der Waals surface area contributed by atoms with E-state index in [4.69, 9.17) is 16.6 Å². The molecule has 1 heterocycles. The highest BCUT2D eigenvalue weighted by Gasteiger charge is 2.13. The minimum Gasteiger partial charge on any atom is -0.459 e. The van der Waals surface area contributed by atoms with Crippen molar-refractivity contribution < 1.29 is 4.42 Å². The van der Waals surface area contributed by atoms with Crippen LogP contribution < -0.4 is 11.1 Å². The summed E-state index contributed by atoms with van der Waals surface area (Å²) in [5.41, 5.74) is 6.55. The molecule has 0 amide bonds. The number of fused-ring (bicyclic) bond motifs is 1. The summed E-state index contributed by atoms with van der Waals surface area (Å²) in [4.78, 5) is 0. The molecule has 16 heavy (non-hydrogen) atoms. The zero-order valence-corrected chi connectivity index (χ0v) is 8.94. The van der Waals surface area contributed by atoms with Crippen molar-refractivity contribution in [3.05, 3.63) is 36.1 Å². The Bertz CT molecular complexity index is 477. The van der Waals surface area contributed by atoms with E-state index in [-0.39, 0.29) is 6.04 Å². The molecule has 0 saturated carbocycles. The van der Waals surface area contributed by atoms with Crippen LogP contribution in [0.2, 0.25) is 0 Å². The highest BCUT2D eigenvalue weighted by molar-refractivity contribution is 5.77. The molecule has 3 nitrogen and oxygen atoms in total. The van der Waals surface area contributed by atoms with Gasteiger partial charge in [-0.15, -0.1) is 6.42 Å². The van der Waals surface area contributed by atoms with Crippen LogP contribution in [0, 0.1) is 12.3 Å². The van der Waals surface area contributed by atoms with Crippen LogP contribution in [0.1, 0.15) is 11.8 Å². The summed E-state index contributed by atoms with van der Waals surface area (Å²) >= 11 is 0. The van der Waals surface area contributed by atoms with Crippen LogP contribution in [0.3, 0.4) is 0 Å². The van der Waals surface area contributed by atoms with Crippen molar-refractivity contribution in [2.24, 2.45) is 5.73 Å². The number of hydrogen-bond acceptors (Lipinski definition) is 3. The molecule has 2 aromatic rings. The third kappa shape index (κ3) is 2.08. The molecule has 0 aliphatic carbocycles. The summed E-state index contributed by atoms with van der Waals surface area (Å²) in [5.74, 6) is 3.36. The maximum Gasteiger partial charge on any atom is 0.134 e. The van der Waals surface area contributed by atoms with E-state index in [0.29, 0.717) is 13.1 Å². The fourth-order valence-electron chi connectivity index (χ4n) is 1.66. The summed E-state index contributed by atoms with van der Waals surface area (Å²) in [6, 6.07) is 9.85. The van der Waals surface area contributed by atoms with Crippen LogP contribution in [0.4, 0.5) is 0 Å². The van der Waals surface area contributed by atoms with Gasteiger partial charge in [0.15, 0.2) is 0 Å². The predicted molar refractivity (Wildman–Crippen MR) is 64.8 cm³/mol. The first-order valence-electron chi connectivity index (χ1n) is 5.20. The molecule has 0 fully saturated rings. The minimum absolute atomic E-state index is 0.0246. The second-order valence-corrected chi connectivity index (χ2v) is 3.56. The van der Waals surface area contributed by atoms with Crippen molar-refractivity contribution in [1.29, 1.82) is 0 Å². The van der Waals surface area contributed by atoms with Gasteiger partial charge >= 0.3 is 0 Å². The van der Waals surface area contributed by atoms with Gasteiger partial charge < -0.3 is 10.2 Å². The fourth-order valence-corrected chi connectivity index (χ4v) is 1.66. The number of benzene rings is 1. The molecule has 3 heteroatoms. The number of terminal acetylenes is 1. The Morgan fingerprint density at radius 3 is 2.94 bits per heavy atom. The highest BCUT2D eigenvalue weighted by atomic mass is 16.3. The van der Waals surface area contributed by atoms with E-state index in [1.54, 1.807) is 0 Å². The molecule has 0 aliphatic rings. The van der Waals surface area contributed by atoms with Crippen molar-refractivity contribution in [2.75, 3.05) is 13.1 Å². The van der Waals surface area contributed by atoms with Gasteiger partial charge in [-0.1, -0.05) is 24.1 Å². The number of hydrogen-bond donors (Lipinski definition) is 2. The van der Waals surface area contributed by atoms with Crippen LogP contribution >= 0.6 is 0 Å². The smallest absolute Gasteiger partial charge is 0.134 e. The number of nitrogens with two attached hydrogens (primary N) is 1. The highest BCUT2D eigenvalue weighted by Crippen LogP contribution is 2.23. The Hall–Kier alpha value is -1.76. The predicted octanol–water partition coefficient (Wildman–Crippen LogP) is 1.66. The molecule has 1 aromatic carbocycles. The maximum atomic E-state index is 5.71. The zero-order chi connectivity index (χ0) is 11.4. The fraction of sp³-hybridized carbons (Fsp3) is 0.231. The van der Waals surface area contributed by atoms with Gasteiger partial charge in [0.25, 0.3) is 0 Å². The third-order valence-corrected chi connectivity index (χ3v) is 2.47. The molecular formula is C13H14N2O. The van der Waals surface area contributed by atoms with E-state index in [0.717, 1.165) is 16.7 Å². The Balaban J connectivity index is 2.27. The normalized spacial score (nSPS) is 12.5. The van der Waals surface area contributed by atoms with Gasteiger partial charge in [0.2, 0.25) is 0 Å². The first-order valence-corrected chi connectivity index (χ1v) is 5.20. The van der Waals surface area contributed by atoms with Gasteiger partial charge in [0.05, 0.1) is 12.6 Å². The molecule has 1 unspecified atom stereocenters. The van der Waals surface area contributed by atoms with Gasteiger partial charge in [-0.2, -0.15) is 0 Å². The van der Waals surface area contributed by atoms with Crippen molar-refractivity contribution in [3.8, 4) is 12.3 Å². The van der Waals surface area contributed by atoms with Crippen LogP contribution in [-0.2, 0) is 0 Å². The first-order chi connectivity index (χ1) is 7.85. The van der Waals surface area contributed by atoms with E-state index < -0.39 is 0 Å². The molecule has 0 radical (unpaired) electrons. The number of nitrogens with one attached hydrogen (secondary N) is 1. The van der Waals surface area contributed by atoms with E-state index >= 15 is 0 Å². The molecule has 0 bridgehead atoms. The van der Waals surface area contributed by atoms with Crippen LogP contribution in [-0.4, -0.2) is 13.1 Å². The lowest BCUT2D eigenvalue weighted by atomic mass is 10.2. The second kappa shape index (κ2) is 4.84. The van der Waals surface area contributed by atoms with Crippen molar-refractivity contribution >= 4 is 11.0 Å². The minimum atomic E-state index is -0.0246. The van der Waals surface area contributed by atoms with Gasteiger partial charge in [-0.25, -0.2) is 0 Å². The van der Waals surface area contributed by atoms with Crippen molar-refractivity contribution in [1.82, 2.24) is 5.32 Å². The molecule has 1 aromatic heterocycles. The second-order valence-electron chi connectivity index (χ2n) is 3.56. The number of furan rings is 1. The monoisotopic (exact) mass is 214 g/mol. The third-order valence-electron chi connectivity index (χ3n) is 2.47. The first kappa shape index (κ1) is 10.7. The molecule has 0 aliphatic heterocycles. The molecule has 1 atom stereocenters. The van der Waals surface area contributed by atoms with Gasteiger partial charge in [-0.05, 0) is 12.1 Å². The van der Waals surface area contributed by atoms with E-state index in [2.05, 4.69) is 11.2 Å². The van der Waals surface area contributed by atoms with Crippen molar-refractivity contribution in [3.63, 3.8) is 0 Å². The van der Waals surface area contributed by atoms with Crippen LogP contribution in [0.15, 0.2) is 34.7 Å². The largest absolute Gasteiger partial charge is 0.459 e. The maximum absolute atomic E-state index is 5.71. The number of rotatable bonds is 4. The average molecular weight is 214 g/mol. The van der Waals surface area contributed by atoms with Gasteiger partial charge in [0.1, 0.15) is 11.3 Å². The van der Waals surface area contributed by atoms with E-state index in [1.165, 1.54) is 0 Å². The average Bonchev–Trinajstić information content (AvgIpc) is 2.73. The molecule has 0 saturated heterocycles. The Morgan fingerprint density at radius 2 is 2.25 bits per heavy atom. The summed E-state index contributed by atoms with van der Waals surface area (Å²) in [6.45, 7) is 0.945. The zero-order valence-electron chi connectivity index (χ0n) is 8.94. The molecule has 2 rings (SSSR count). The molecule has 3 N–H and O–H groups in total. The summed E-state index contributed by atoms with van der Waals surface area (Å²) in [6.07, 6.45) is 5.20. The summed E-state index contributed by atoms with van der Waals surface area (Å²) in [5, 5.41) is 4.22. The summed E-state index contributed by atoms with van der Waals surface area (Å²) in [7, 11) is 0. The van der Waals surface area contributed by atoms with Crippen LogP contribution in [0.5, 0.6) is 0 Å². The molecular weight excluding hydrogens is 200 g/mol. The van der Waals surface area contributed by atoms with Crippen LogP contribution in [0.25, 0.3) is 11.0 Å². The Labute approximate surface area is 94.6 Å². The van der Waals surface area contributed by atoms with Crippen molar-refractivity contribution in [2.45, 2.75) is 6.04 Å².